The Bertz CT molecular complexity index is 517. The molecule has 4 nitrogen and oxygen atoms in total. The Labute approximate surface area is 121 Å². The van der Waals surface area contributed by atoms with Crippen molar-refractivity contribution in [2.75, 3.05) is 13.1 Å². The Morgan fingerprint density at radius 2 is 2.00 bits per heavy atom. The molecule has 1 aromatic rings. The minimum Gasteiger partial charge on any atom is -0.530 e. The third-order valence-corrected chi connectivity index (χ3v) is 4.95. The van der Waals surface area contributed by atoms with Gasteiger partial charge in [0, 0.05) is 19.3 Å². The van der Waals surface area contributed by atoms with Crippen molar-refractivity contribution in [1.29, 1.82) is 0 Å². The molecule has 2 heterocycles. The summed E-state index contributed by atoms with van der Waals surface area (Å²) in [7, 11) is 0. The molecule has 1 saturated carbocycles. The van der Waals surface area contributed by atoms with Crippen LogP contribution in [-0.2, 0) is 0 Å². The molecule has 0 unspecified atom stereocenters. The van der Waals surface area contributed by atoms with Crippen molar-refractivity contribution >= 4 is 6.09 Å². The number of rotatable bonds is 2. The van der Waals surface area contributed by atoms with Gasteiger partial charge in [0.15, 0.2) is 0 Å². The Morgan fingerprint density at radius 1 is 1.33 bits per heavy atom. The van der Waals surface area contributed by atoms with Crippen LogP contribution in [-0.4, -0.2) is 29.1 Å². The average Bonchev–Trinajstić information content (AvgIpc) is 2.45. The van der Waals surface area contributed by atoms with Crippen LogP contribution in [0, 0.1) is 5.41 Å². The summed E-state index contributed by atoms with van der Waals surface area (Å²) >= 11 is 0. The van der Waals surface area contributed by atoms with E-state index in [2.05, 4.69) is 4.98 Å². The van der Waals surface area contributed by atoms with Gasteiger partial charge in [0.25, 0.3) is 6.43 Å². The first-order chi connectivity index (χ1) is 9.99. The number of hydrogen-bond acceptors (Lipinski definition) is 3. The van der Waals surface area contributed by atoms with Crippen LogP contribution in [0.3, 0.4) is 0 Å². The summed E-state index contributed by atoms with van der Waals surface area (Å²) in [4.78, 5) is 16.0. The molecule has 114 valence electrons. The summed E-state index contributed by atoms with van der Waals surface area (Å²) in [5, 5.41) is 10.8. The molecule has 1 aliphatic heterocycles. The molecule has 2 aliphatic rings. The second-order valence-electron chi connectivity index (χ2n) is 6.18. The highest BCUT2D eigenvalue weighted by Crippen LogP contribution is 2.56. The molecule has 1 spiro atoms. The zero-order valence-corrected chi connectivity index (χ0v) is 11.6. The molecule has 1 amide bonds. The van der Waals surface area contributed by atoms with Crippen LogP contribution < -0.4 is 5.11 Å². The standard InChI is InChI=1S/C15H18F2N2O2/c16-13(17)12-2-1-10(9-18-12)11-7-15(8-11)3-5-19(6-4-15)14(20)21/h1-2,9,11,13H,3-8H2,(H,20,21)/p-1. The maximum Gasteiger partial charge on any atom is 0.280 e. The first-order valence-corrected chi connectivity index (χ1v) is 7.19. The van der Waals surface area contributed by atoms with E-state index in [4.69, 9.17) is 0 Å². The zero-order chi connectivity index (χ0) is 15.0. The van der Waals surface area contributed by atoms with Crippen molar-refractivity contribution in [2.45, 2.75) is 38.0 Å². The van der Waals surface area contributed by atoms with Crippen molar-refractivity contribution < 1.29 is 18.7 Å². The maximum atomic E-state index is 12.5. The molecule has 1 aromatic heterocycles. The van der Waals surface area contributed by atoms with E-state index in [1.165, 1.54) is 11.0 Å². The Hall–Kier alpha value is -1.72. The molecule has 1 saturated heterocycles. The van der Waals surface area contributed by atoms with Crippen LogP contribution in [0.25, 0.3) is 0 Å². The molecule has 3 rings (SSSR count). The van der Waals surface area contributed by atoms with Crippen LogP contribution >= 0.6 is 0 Å². The maximum absolute atomic E-state index is 12.5. The number of nitrogens with zero attached hydrogens (tertiary/aromatic N) is 2. The van der Waals surface area contributed by atoms with Gasteiger partial charge in [0.05, 0.1) is 0 Å². The number of carboxylic acid groups (broad SMARTS) is 1. The summed E-state index contributed by atoms with van der Waals surface area (Å²) in [6.07, 6.45) is 1.64. The molecular formula is C15H17F2N2O2-. The monoisotopic (exact) mass is 295 g/mol. The van der Waals surface area contributed by atoms with E-state index in [0.717, 1.165) is 31.2 Å². The van der Waals surface area contributed by atoms with Crippen molar-refractivity contribution in [3.05, 3.63) is 29.6 Å². The Balaban J connectivity index is 1.57. The molecule has 0 radical (unpaired) electrons. The first kappa shape index (κ1) is 14.2. The van der Waals surface area contributed by atoms with Gasteiger partial charge in [0.2, 0.25) is 0 Å². The lowest BCUT2D eigenvalue weighted by molar-refractivity contribution is -0.267. The molecule has 0 bridgehead atoms. The number of hydrogen-bond donors (Lipinski definition) is 0. The van der Waals surface area contributed by atoms with Gasteiger partial charge in [-0.2, -0.15) is 0 Å². The van der Waals surface area contributed by atoms with Gasteiger partial charge in [-0.05, 0) is 48.6 Å². The second-order valence-corrected chi connectivity index (χ2v) is 6.18. The fourth-order valence-corrected chi connectivity index (χ4v) is 3.58. The van der Waals surface area contributed by atoms with E-state index < -0.39 is 12.5 Å². The lowest BCUT2D eigenvalue weighted by Gasteiger charge is -2.52. The summed E-state index contributed by atoms with van der Waals surface area (Å²) in [5.74, 6) is 0.360. The number of alkyl halides is 2. The number of likely N-dealkylation sites (tertiary alicyclic amines) is 1. The molecule has 0 N–H and O–H groups in total. The normalized spacial score (nSPS) is 21.6. The highest BCUT2D eigenvalue weighted by atomic mass is 19.3. The third kappa shape index (κ3) is 2.71. The predicted molar refractivity (Wildman–Crippen MR) is 69.8 cm³/mol. The Kier molecular flexibility index (Phi) is 3.55. The number of carbonyl (C=O) groups excluding carboxylic acids is 1. The van der Waals surface area contributed by atoms with Crippen molar-refractivity contribution in [1.82, 2.24) is 9.88 Å². The van der Waals surface area contributed by atoms with Gasteiger partial charge < -0.3 is 14.8 Å². The molecule has 1 aliphatic carbocycles. The van der Waals surface area contributed by atoms with E-state index in [0.29, 0.717) is 19.0 Å². The fourth-order valence-electron chi connectivity index (χ4n) is 3.58. The van der Waals surface area contributed by atoms with Gasteiger partial charge in [-0.25, -0.2) is 8.78 Å². The third-order valence-electron chi connectivity index (χ3n) is 4.95. The van der Waals surface area contributed by atoms with Crippen LogP contribution in [0.5, 0.6) is 0 Å². The van der Waals surface area contributed by atoms with E-state index in [9.17, 15) is 18.7 Å². The number of amides is 1. The van der Waals surface area contributed by atoms with Gasteiger partial charge in [-0.15, -0.1) is 0 Å². The highest BCUT2D eigenvalue weighted by molar-refractivity contribution is 5.62. The quantitative estimate of drug-likeness (QED) is 0.841. The fraction of sp³-hybridized carbons (Fsp3) is 0.600. The van der Waals surface area contributed by atoms with E-state index >= 15 is 0 Å². The summed E-state index contributed by atoms with van der Waals surface area (Å²) in [6, 6.07) is 3.13. The number of aromatic nitrogens is 1. The van der Waals surface area contributed by atoms with Gasteiger partial charge >= 0.3 is 0 Å². The minimum absolute atomic E-state index is 0.185. The smallest absolute Gasteiger partial charge is 0.280 e. The summed E-state index contributed by atoms with van der Waals surface area (Å²) in [6.45, 7) is 1.08. The predicted octanol–water partition coefficient (Wildman–Crippen LogP) is 2.32. The van der Waals surface area contributed by atoms with Gasteiger partial charge in [-0.1, -0.05) is 6.07 Å². The summed E-state index contributed by atoms with van der Waals surface area (Å²) < 4.78 is 24.9. The van der Waals surface area contributed by atoms with Crippen LogP contribution in [0.15, 0.2) is 18.3 Å². The van der Waals surface area contributed by atoms with Crippen molar-refractivity contribution in [3.8, 4) is 0 Å². The molecule has 21 heavy (non-hydrogen) atoms. The van der Waals surface area contributed by atoms with E-state index in [1.807, 2.05) is 0 Å². The van der Waals surface area contributed by atoms with Gasteiger partial charge in [-0.3, -0.25) is 4.98 Å². The van der Waals surface area contributed by atoms with Crippen LogP contribution in [0.1, 0.15) is 49.3 Å². The second kappa shape index (κ2) is 5.24. The minimum atomic E-state index is -2.53. The zero-order valence-electron chi connectivity index (χ0n) is 11.6. The lowest BCUT2D eigenvalue weighted by atomic mass is 9.56. The van der Waals surface area contributed by atoms with Gasteiger partial charge in [0.1, 0.15) is 11.8 Å². The SMILES string of the molecule is O=C([O-])N1CCC2(CC1)CC(c1ccc(C(F)F)nc1)C2. The van der Waals surface area contributed by atoms with E-state index in [-0.39, 0.29) is 11.1 Å². The average molecular weight is 295 g/mol. The molecule has 0 atom stereocenters. The molecule has 0 aromatic carbocycles. The van der Waals surface area contributed by atoms with E-state index in [1.54, 1.807) is 12.3 Å². The van der Waals surface area contributed by atoms with Crippen molar-refractivity contribution in [2.24, 2.45) is 5.41 Å². The molecule has 2 fully saturated rings. The number of pyridine rings is 1. The molecular weight excluding hydrogens is 278 g/mol. The number of piperidine rings is 1. The summed E-state index contributed by atoms with van der Waals surface area (Å²) in [5.41, 5.74) is 1.04. The lowest BCUT2D eigenvalue weighted by Crippen LogP contribution is -2.51. The van der Waals surface area contributed by atoms with Crippen LogP contribution in [0.2, 0.25) is 0 Å². The topological polar surface area (TPSA) is 56.3 Å². The van der Waals surface area contributed by atoms with Crippen molar-refractivity contribution in [3.63, 3.8) is 0 Å². The number of carbonyl (C=O) groups is 1. The van der Waals surface area contributed by atoms with Crippen LogP contribution in [0.4, 0.5) is 13.6 Å². The molecule has 6 heteroatoms. The highest BCUT2D eigenvalue weighted by Gasteiger charge is 2.46. The number of halogens is 2. The Morgan fingerprint density at radius 3 is 2.48 bits per heavy atom. The first-order valence-electron chi connectivity index (χ1n) is 7.19. The largest absolute Gasteiger partial charge is 0.530 e.